The number of hydrogen-bond donors (Lipinski definition) is 1. The van der Waals surface area contributed by atoms with Crippen LogP contribution in [0.5, 0.6) is 0 Å². The van der Waals surface area contributed by atoms with Crippen molar-refractivity contribution in [2.45, 2.75) is 83.7 Å². The third kappa shape index (κ3) is 10.5. The van der Waals surface area contributed by atoms with Crippen molar-refractivity contribution < 1.29 is 14.3 Å². The number of carbonyl (C=O) groups is 2. The molecule has 0 bridgehead atoms. The van der Waals surface area contributed by atoms with Crippen LogP contribution in [0.2, 0.25) is 0 Å². The van der Waals surface area contributed by atoms with Crippen LogP contribution in [-0.2, 0) is 19.9 Å². The van der Waals surface area contributed by atoms with Crippen molar-refractivity contribution in [1.82, 2.24) is 5.32 Å². The number of likely N-dealkylation sites (N-methyl/N-ethyl adjacent to an activating group) is 1. The van der Waals surface area contributed by atoms with Gasteiger partial charge in [-0.05, 0) is 45.4 Å². The predicted molar refractivity (Wildman–Crippen MR) is 158 cm³/mol. The number of esters is 1. The summed E-state index contributed by atoms with van der Waals surface area (Å²) in [5.41, 5.74) is -0.228. The highest BCUT2D eigenvalue weighted by atomic mass is 16.6. The highest BCUT2D eigenvalue weighted by Gasteiger charge is 2.45. The molecule has 1 N–H and O–H groups in total. The maximum absolute atomic E-state index is 13.4. The molecule has 38 heavy (non-hydrogen) atoms. The quantitative estimate of drug-likeness (QED) is 0.124. The van der Waals surface area contributed by atoms with E-state index in [4.69, 9.17) is 4.74 Å². The maximum atomic E-state index is 13.4. The van der Waals surface area contributed by atoms with E-state index in [-0.39, 0.29) is 11.9 Å². The molecule has 0 atom stereocenters. The van der Waals surface area contributed by atoms with E-state index in [2.05, 4.69) is 48.7 Å². The molecular formula is C34H45NO3. The van der Waals surface area contributed by atoms with Gasteiger partial charge in [0, 0.05) is 24.1 Å². The van der Waals surface area contributed by atoms with Crippen LogP contribution < -0.4 is 5.32 Å². The Morgan fingerprint density at radius 1 is 0.711 bits per heavy atom. The first-order valence-corrected chi connectivity index (χ1v) is 14.2. The van der Waals surface area contributed by atoms with E-state index < -0.39 is 5.60 Å². The SMILES string of the molecule is CC/C=C\C/C=C\C/C=C\CCCCCCCC(=O)OC(C(=O)NCC)(c1ccccc1)c1ccccc1. The van der Waals surface area contributed by atoms with Gasteiger partial charge < -0.3 is 10.1 Å². The molecular weight excluding hydrogens is 470 g/mol. The summed E-state index contributed by atoms with van der Waals surface area (Å²) in [6.45, 7) is 4.46. The Hall–Kier alpha value is -3.40. The molecule has 0 aliphatic rings. The van der Waals surface area contributed by atoms with Crippen LogP contribution in [0.1, 0.15) is 89.2 Å². The van der Waals surface area contributed by atoms with E-state index in [1.807, 2.05) is 67.6 Å². The van der Waals surface area contributed by atoms with E-state index in [1.54, 1.807) is 0 Å². The molecule has 4 heteroatoms. The van der Waals surface area contributed by atoms with Crippen molar-refractivity contribution in [2.24, 2.45) is 0 Å². The number of ether oxygens (including phenoxy) is 1. The Labute approximate surface area is 229 Å². The minimum absolute atomic E-state index is 0.292. The van der Waals surface area contributed by atoms with E-state index >= 15 is 0 Å². The number of nitrogens with one attached hydrogen (secondary N) is 1. The molecule has 2 rings (SSSR count). The lowest BCUT2D eigenvalue weighted by Gasteiger charge is -2.33. The molecule has 1 amide bonds. The number of benzene rings is 2. The molecule has 0 heterocycles. The monoisotopic (exact) mass is 515 g/mol. The van der Waals surface area contributed by atoms with E-state index in [0.717, 1.165) is 57.8 Å². The van der Waals surface area contributed by atoms with Gasteiger partial charge in [-0.1, -0.05) is 123 Å². The zero-order chi connectivity index (χ0) is 27.3. The van der Waals surface area contributed by atoms with Gasteiger partial charge in [-0.15, -0.1) is 0 Å². The van der Waals surface area contributed by atoms with Gasteiger partial charge in [-0.2, -0.15) is 0 Å². The topological polar surface area (TPSA) is 55.4 Å². The molecule has 0 unspecified atom stereocenters. The summed E-state index contributed by atoms with van der Waals surface area (Å²) < 4.78 is 6.07. The lowest BCUT2D eigenvalue weighted by Crippen LogP contribution is -2.48. The lowest BCUT2D eigenvalue weighted by atomic mass is 9.85. The highest BCUT2D eigenvalue weighted by molar-refractivity contribution is 5.92. The van der Waals surface area contributed by atoms with Gasteiger partial charge >= 0.3 is 5.97 Å². The summed E-state index contributed by atoms with van der Waals surface area (Å²) in [6.07, 6.45) is 22.9. The molecule has 0 aliphatic heterocycles. The molecule has 2 aromatic carbocycles. The molecule has 0 fully saturated rings. The van der Waals surface area contributed by atoms with E-state index in [0.29, 0.717) is 24.1 Å². The Kier molecular flexibility index (Phi) is 15.2. The predicted octanol–water partition coefficient (Wildman–Crippen LogP) is 8.20. The number of unbranched alkanes of at least 4 members (excludes halogenated alkanes) is 5. The number of allylic oxidation sites excluding steroid dienone is 6. The Balaban J connectivity index is 1.82. The van der Waals surface area contributed by atoms with Crippen LogP contribution in [0.25, 0.3) is 0 Å². The summed E-state index contributed by atoms with van der Waals surface area (Å²) in [4.78, 5) is 26.4. The van der Waals surface area contributed by atoms with Crippen molar-refractivity contribution in [3.05, 3.63) is 108 Å². The molecule has 0 spiro atoms. The first-order valence-electron chi connectivity index (χ1n) is 14.2. The van der Waals surface area contributed by atoms with Gasteiger partial charge in [0.25, 0.3) is 5.91 Å². The number of carbonyl (C=O) groups excluding carboxylic acids is 2. The van der Waals surface area contributed by atoms with Gasteiger partial charge in [0.2, 0.25) is 5.60 Å². The molecule has 2 aromatic rings. The van der Waals surface area contributed by atoms with Crippen LogP contribution in [0.4, 0.5) is 0 Å². The molecule has 0 aromatic heterocycles. The van der Waals surface area contributed by atoms with Gasteiger partial charge in [0.15, 0.2) is 0 Å². The number of hydrogen-bond acceptors (Lipinski definition) is 3. The highest BCUT2D eigenvalue weighted by Crippen LogP contribution is 2.35. The normalized spacial score (nSPS) is 11.9. The zero-order valence-corrected chi connectivity index (χ0v) is 23.2. The smallest absolute Gasteiger partial charge is 0.307 e. The summed E-state index contributed by atoms with van der Waals surface area (Å²) in [7, 11) is 0. The fourth-order valence-corrected chi connectivity index (χ4v) is 4.33. The third-order valence-electron chi connectivity index (χ3n) is 6.32. The Bertz CT molecular complexity index is 969. The average molecular weight is 516 g/mol. The molecule has 0 saturated heterocycles. The number of amides is 1. The summed E-state index contributed by atoms with van der Waals surface area (Å²) in [5, 5.41) is 2.88. The van der Waals surface area contributed by atoms with E-state index in [9.17, 15) is 9.59 Å². The zero-order valence-electron chi connectivity index (χ0n) is 23.2. The number of rotatable bonds is 18. The largest absolute Gasteiger partial charge is 0.439 e. The van der Waals surface area contributed by atoms with Gasteiger partial charge in [0.1, 0.15) is 0 Å². The molecule has 0 saturated carbocycles. The summed E-state index contributed by atoms with van der Waals surface area (Å²) >= 11 is 0. The maximum Gasteiger partial charge on any atom is 0.307 e. The fourth-order valence-electron chi connectivity index (χ4n) is 4.33. The van der Waals surface area contributed by atoms with Crippen LogP contribution in [0, 0.1) is 0 Å². The van der Waals surface area contributed by atoms with Gasteiger partial charge in [-0.25, -0.2) is 0 Å². The molecule has 4 nitrogen and oxygen atoms in total. The lowest BCUT2D eigenvalue weighted by molar-refractivity contribution is -0.165. The second-order valence-corrected chi connectivity index (χ2v) is 9.35. The fraction of sp³-hybridized carbons (Fsp3) is 0.412. The second kappa shape index (κ2) is 18.8. The van der Waals surface area contributed by atoms with Crippen molar-refractivity contribution in [1.29, 1.82) is 0 Å². The molecule has 204 valence electrons. The van der Waals surface area contributed by atoms with Crippen LogP contribution in [0.3, 0.4) is 0 Å². The minimum Gasteiger partial charge on any atom is -0.439 e. The van der Waals surface area contributed by atoms with Crippen LogP contribution in [-0.4, -0.2) is 18.4 Å². The van der Waals surface area contributed by atoms with Gasteiger partial charge in [-0.3, -0.25) is 9.59 Å². The third-order valence-corrected chi connectivity index (χ3v) is 6.32. The van der Waals surface area contributed by atoms with Crippen molar-refractivity contribution >= 4 is 11.9 Å². The van der Waals surface area contributed by atoms with Crippen molar-refractivity contribution in [2.75, 3.05) is 6.54 Å². The summed E-state index contributed by atoms with van der Waals surface area (Å²) in [6, 6.07) is 18.6. The standard InChI is InChI=1S/C34H45NO3/c1-3-5-6-7-8-9-10-11-12-13-14-15-16-17-24-29-32(36)38-34(33(37)35-4-2,30-25-20-18-21-26-30)31-27-22-19-23-28-31/h5-6,8-9,11-12,18-23,25-28H,3-4,7,10,13-17,24,29H2,1-2H3,(H,35,37)/b6-5-,9-8-,12-11-. The summed E-state index contributed by atoms with van der Waals surface area (Å²) in [5.74, 6) is -0.687. The van der Waals surface area contributed by atoms with Crippen LogP contribution >= 0.6 is 0 Å². The average Bonchev–Trinajstić information content (AvgIpc) is 2.95. The second-order valence-electron chi connectivity index (χ2n) is 9.35. The van der Waals surface area contributed by atoms with Crippen molar-refractivity contribution in [3.8, 4) is 0 Å². The first-order chi connectivity index (χ1) is 18.6. The van der Waals surface area contributed by atoms with Gasteiger partial charge in [0.05, 0.1) is 0 Å². The van der Waals surface area contributed by atoms with Crippen LogP contribution in [0.15, 0.2) is 97.1 Å². The molecule has 0 radical (unpaired) electrons. The van der Waals surface area contributed by atoms with E-state index in [1.165, 1.54) is 0 Å². The Morgan fingerprint density at radius 3 is 1.82 bits per heavy atom. The minimum atomic E-state index is -1.51. The molecule has 0 aliphatic carbocycles. The Morgan fingerprint density at radius 2 is 1.24 bits per heavy atom. The first kappa shape index (κ1) is 30.8. The van der Waals surface area contributed by atoms with Crippen molar-refractivity contribution in [3.63, 3.8) is 0 Å².